The van der Waals surface area contributed by atoms with Crippen molar-refractivity contribution in [2.24, 2.45) is 5.92 Å². The number of hydrogen-bond acceptors (Lipinski definition) is 3. The first-order chi connectivity index (χ1) is 12.2. The molecule has 2 atom stereocenters. The molecule has 0 saturated heterocycles. The summed E-state index contributed by atoms with van der Waals surface area (Å²) in [5.74, 6) is -1.77. The Kier molecular flexibility index (Phi) is 4.85. The van der Waals surface area contributed by atoms with Crippen LogP contribution in [-0.2, 0) is 9.53 Å². The van der Waals surface area contributed by atoms with Crippen molar-refractivity contribution in [3.8, 4) is 6.07 Å². The quantitative estimate of drug-likeness (QED) is 0.708. The lowest BCUT2D eigenvalue weighted by atomic mass is 9.80. The van der Waals surface area contributed by atoms with E-state index in [0.29, 0.717) is 0 Å². The van der Waals surface area contributed by atoms with Crippen molar-refractivity contribution >= 4 is 16.9 Å². The number of nitrogens with zero attached hydrogens (tertiary/aromatic N) is 1. The molecule has 3 rings (SSSR count). The van der Waals surface area contributed by atoms with Crippen LogP contribution in [0, 0.1) is 24.2 Å². The molecule has 0 saturated carbocycles. The van der Waals surface area contributed by atoms with Crippen LogP contribution in [0.5, 0.6) is 0 Å². The van der Waals surface area contributed by atoms with Gasteiger partial charge < -0.3 is 9.72 Å². The van der Waals surface area contributed by atoms with Gasteiger partial charge in [0.2, 0.25) is 0 Å². The third kappa shape index (κ3) is 3.14. The zero-order valence-corrected chi connectivity index (χ0v) is 14.3. The third-order valence-electron chi connectivity index (χ3n) is 4.43. The van der Waals surface area contributed by atoms with Gasteiger partial charge in [-0.15, -0.1) is 0 Å². The predicted octanol–water partition coefficient (Wildman–Crippen LogP) is 4.31. The molecule has 3 aromatic rings. The molecular weight excluding hydrogens is 312 g/mol. The summed E-state index contributed by atoms with van der Waals surface area (Å²) in [4.78, 5) is 15.8. The first-order valence-electron chi connectivity index (χ1n) is 8.35. The molecule has 4 nitrogen and oxygen atoms in total. The molecule has 0 aliphatic rings. The monoisotopic (exact) mass is 332 g/mol. The third-order valence-corrected chi connectivity index (χ3v) is 4.43. The van der Waals surface area contributed by atoms with Crippen LogP contribution in [0.1, 0.15) is 29.7 Å². The van der Waals surface area contributed by atoms with Crippen LogP contribution < -0.4 is 0 Å². The SMILES string of the molecule is CCOC(=O)C(C#N)C(c1ccccc1)c1c(C)[nH]c2ccccc12. The summed E-state index contributed by atoms with van der Waals surface area (Å²) in [6, 6.07) is 19.8. The molecule has 0 bridgehead atoms. The minimum Gasteiger partial charge on any atom is -0.465 e. The van der Waals surface area contributed by atoms with Crippen LogP contribution in [0.15, 0.2) is 54.6 Å². The van der Waals surface area contributed by atoms with E-state index >= 15 is 0 Å². The first-order valence-corrected chi connectivity index (χ1v) is 8.35. The number of aromatic amines is 1. The second-order valence-corrected chi connectivity index (χ2v) is 5.96. The van der Waals surface area contributed by atoms with Gasteiger partial charge >= 0.3 is 5.97 Å². The number of aryl methyl sites for hydroxylation is 1. The van der Waals surface area contributed by atoms with Gasteiger partial charge in [0.1, 0.15) is 0 Å². The van der Waals surface area contributed by atoms with Gasteiger partial charge in [0.05, 0.1) is 12.7 Å². The molecule has 4 heteroatoms. The van der Waals surface area contributed by atoms with E-state index in [0.717, 1.165) is 27.7 Å². The summed E-state index contributed by atoms with van der Waals surface area (Å²) in [6.45, 7) is 3.98. The van der Waals surface area contributed by atoms with Crippen LogP contribution in [0.3, 0.4) is 0 Å². The van der Waals surface area contributed by atoms with Gasteiger partial charge in [0, 0.05) is 22.5 Å². The Balaban J connectivity index is 2.22. The Labute approximate surface area is 147 Å². The van der Waals surface area contributed by atoms with Crippen molar-refractivity contribution < 1.29 is 9.53 Å². The number of para-hydroxylation sites is 1. The molecule has 0 amide bonds. The van der Waals surface area contributed by atoms with E-state index < -0.39 is 11.9 Å². The van der Waals surface area contributed by atoms with Crippen molar-refractivity contribution in [3.05, 3.63) is 71.4 Å². The standard InChI is InChI=1S/C21H20N2O2/c1-3-25-21(24)17(13-22)20(15-9-5-4-6-10-15)19-14(2)23-18-12-8-7-11-16(18)19/h4-12,17,20,23H,3H2,1-2H3. The maximum Gasteiger partial charge on any atom is 0.324 e. The number of nitrogens with one attached hydrogen (secondary N) is 1. The van der Waals surface area contributed by atoms with Gasteiger partial charge in [0.15, 0.2) is 5.92 Å². The lowest BCUT2D eigenvalue weighted by Crippen LogP contribution is -2.24. The number of fused-ring (bicyclic) bond motifs is 1. The fraction of sp³-hybridized carbons (Fsp3) is 0.238. The number of aromatic nitrogens is 1. The van der Waals surface area contributed by atoms with Crippen molar-refractivity contribution in [2.45, 2.75) is 19.8 Å². The van der Waals surface area contributed by atoms with Crippen molar-refractivity contribution in [2.75, 3.05) is 6.61 Å². The zero-order valence-electron chi connectivity index (χ0n) is 14.3. The number of nitriles is 1. The maximum absolute atomic E-state index is 12.5. The van der Waals surface area contributed by atoms with Crippen molar-refractivity contribution in [1.29, 1.82) is 5.26 Å². The first kappa shape index (κ1) is 16.8. The number of carbonyl (C=O) groups is 1. The number of benzene rings is 2. The van der Waals surface area contributed by atoms with E-state index in [9.17, 15) is 10.1 Å². The van der Waals surface area contributed by atoms with Crippen LogP contribution in [0.4, 0.5) is 0 Å². The summed E-state index contributed by atoms with van der Waals surface area (Å²) in [5, 5.41) is 10.8. The Bertz CT molecular complexity index is 922. The largest absolute Gasteiger partial charge is 0.465 e. The van der Waals surface area contributed by atoms with Crippen LogP contribution in [0.25, 0.3) is 10.9 Å². The molecule has 1 N–H and O–H groups in total. The smallest absolute Gasteiger partial charge is 0.324 e. The van der Waals surface area contributed by atoms with Gasteiger partial charge in [-0.05, 0) is 31.0 Å². The molecule has 2 aromatic carbocycles. The zero-order chi connectivity index (χ0) is 17.8. The lowest BCUT2D eigenvalue weighted by Gasteiger charge is -2.22. The number of H-pyrrole nitrogens is 1. The molecule has 0 aliphatic heterocycles. The lowest BCUT2D eigenvalue weighted by molar-refractivity contribution is -0.146. The van der Waals surface area contributed by atoms with Crippen LogP contribution >= 0.6 is 0 Å². The molecule has 1 aromatic heterocycles. The molecule has 25 heavy (non-hydrogen) atoms. The molecular formula is C21H20N2O2. The highest BCUT2D eigenvalue weighted by molar-refractivity contribution is 5.87. The topological polar surface area (TPSA) is 65.9 Å². The fourth-order valence-electron chi connectivity index (χ4n) is 3.38. The second kappa shape index (κ2) is 7.23. The summed E-state index contributed by atoms with van der Waals surface area (Å²) in [6.07, 6.45) is 0. The summed E-state index contributed by atoms with van der Waals surface area (Å²) in [7, 11) is 0. The molecule has 2 unspecified atom stereocenters. The Hall–Kier alpha value is -3.06. The predicted molar refractivity (Wildman–Crippen MR) is 97.1 cm³/mol. The van der Waals surface area contributed by atoms with E-state index in [1.807, 2.05) is 61.5 Å². The number of hydrogen-bond donors (Lipinski definition) is 1. The number of esters is 1. The molecule has 126 valence electrons. The van der Waals surface area contributed by atoms with Gasteiger partial charge in [-0.2, -0.15) is 5.26 Å². The van der Waals surface area contributed by atoms with Gasteiger partial charge in [-0.3, -0.25) is 4.79 Å². The number of carbonyl (C=O) groups excluding carboxylic acids is 1. The highest BCUT2D eigenvalue weighted by Gasteiger charge is 2.34. The number of ether oxygens (including phenoxy) is 1. The van der Waals surface area contributed by atoms with Gasteiger partial charge in [-0.1, -0.05) is 48.5 Å². The molecule has 0 aliphatic carbocycles. The second-order valence-electron chi connectivity index (χ2n) is 5.96. The fourth-order valence-corrected chi connectivity index (χ4v) is 3.38. The average molecular weight is 332 g/mol. The van der Waals surface area contributed by atoms with Crippen LogP contribution in [-0.4, -0.2) is 17.6 Å². The molecule has 0 spiro atoms. The van der Waals surface area contributed by atoms with E-state index in [1.54, 1.807) is 6.92 Å². The van der Waals surface area contributed by atoms with Gasteiger partial charge in [0.25, 0.3) is 0 Å². The average Bonchev–Trinajstić information content (AvgIpc) is 2.96. The van der Waals surface area contributed by atoms with E-state index in [-0.39, 0.29) is 12.5 Å². The van der Waals surface area contributed by atoms with Crippen molar-refractivity contribution in [1.82, 2.24) is 4.98 Å². The van der Waals surface area contributed by atoms with E-state index in [2.05, 4.69) is 11.1 Å². The Morgan fingerprint density at radius 3 is 2.52 bits per heavy atom. The maximum atomic E-state index is 12.5. The van der Waals surface area contributed by atoms with Crippen LogP contribution in [0.2, 0.25) is 0 Å². The summed E-state index contributed by atoms with van der Waals surface area (Å²) < 4.78 is 5.18. The Morgan fingerprint density at radius 1 is 1.16 bits per heavy atom. The molecule has 1 heterocycles. The summed E-state index contributed by atoms with van der Waals surface area (Å²) >= 11 is 0. The van der Waals surface area contributed by atoms with Gasteiger partial charge in [-0.25, -0.2) is 0 Å². The minimum absolute atomic E-state index is 0.255. The minimum atomic E-state index is -0.903. The van der Waals surface area contributed by atoms with Crippen molar-refractivity contribution in [3.63, 3.8) is 0 Å². The van der Waals surface area contributed by atoms with E-state index in [4.69, 9.17) is 4.74 Å². The number of rotatable bonds is 5. The Morgan fingerprint density at radius 2 is 1.84 bits per heavy atom. The normalized spacial score (nSPS) is 13.2. The highest BCUT2D eigenvalue weighted by Crippen LogP contribution is 2.38. The summed E-state index contributed by atoms with van der Waals surface area (Å²) in [5.41, 5.74) is 3.85. The molecule has 0 radical (unpaired) electrons. The molecule has 0 fully saturated rings. The highest BCUT2D eigenvalue weighted by atomic mass is 16.5. The van der Waals surface area contributed by atoms with E-state index in [1.165, 1.54) is 0 Å².